The van der Waals surface area contributed by atoms with Crippen LogP contribution in [0, 0.1) is 41.3 Å². The van der Waals surface area contributed by atoms with Crippen molar-refractivity contribution in [2.45, 2.75) is 59.0 Å². The number of nitrogens with one attached hydrogen (secondary N) is 4. The summed E-state index contributed by atoms with van der Waals surface area (Å²) in [7, 11) is 2.23. The summed E-state index contributed by atoms with van der Waals surface area (Å²) in [5.74, 6) is 3.15. The predicted octanol–water partition coefficient (Wildman–Crippen LogP) is 12.6. The molecule has 0 spiro atoms. The van der Waals surface area contributed by atoms with Crippen molar-refractivity contribution in [1.82, 2.24) is 26.3 Å². The number of esters is 2. The molecule has 3 heterocycles. The number of rotatable bonds is 16. The van der Waals surface area contributed by atoms with Gasteiger partial charge in [-0.15, -0.1) is 0 Å². The van der Waals surface area contributed by atoms with Crippen LogP contribution in [0.2, 0.25) is 0 Å². The summed E-state index contributed by atoms with van der Waals surface area (Å²) >= 11 is 0. The van der Waals surface area contributed by atoms with Gasteiger partial charge in [-0.3, -0.25) is 10.0 Å². The van der Waals surface area contributed by atoms with E-state index in [9.17, 15) is 18.8 Å². The molecule has 5 N–H and O–H groups in total. The Morgan fingerprint density at radius 2 is 0.753 bits per heavy atom. The summed E-state index contributed by atoms with van der Waals surface area (Å²) in [6, 6.07) is 68.2. The Kier molecular flexibility index (Phi) is 19.8. The number of benzene rings is 9. The third-order valence-electron chi connectivity index (χ3n) is 18.5. The fraction of sp³-hybridized carbons (Fsp3) is 0.320. The smallest absolute Gasteiger partial charge is 0.338 e. The van der Waals surface area contributed by atoms with Gasteiger partial charge in [0.1, 0.15) is 5.82 Å². The SMILES string of the molecule is C.CCOC(=O)c1ccc(F)cc1.CCOC(=O)c1ccc(N2CC3C(C2)C3NCc2ccc3ccccc3c2)cc1.CN1CC2C(C1)C2NCc1ccc2ccccc2c1.O=C(NO)c1ccc(N2CC3C(C2)C3NCc2ccc3ccccc3c2)cc1. The molecule has 0 aromatic heterocycles. The number of anilines is 2. The van der Waals surface area contributed by atoms with Gasteiger partial charge >= 0.3 is 11.9 Å². The number of nitrogens with zero attached hydrogens (tertiary/aromatic N) is 3. The first kappa shape index (κ1) is 62.1. The van der Waals surface area contributed by atoms with E-state index in [-0.39, 0.29) is 19.2 Å². The minimum absolute atomic E-state index is 0. The topological polar surface area (TPSA) is 148 Å². The molecule has 3 saturated carbocycles. The van der Waals surface area contributed by atoms with Gasteiger partial charge in [-0.25, -0.2) is 19.5 Å². The first-order chi connectivity index (χ1) is 43.0. The van der Waals surface area contributed by atoms with Gasteiger partial charge in [0.2, 0.25) is 0 Å². The van der Waals surface area contributed by atoms with Crippen LogP contribution in [0.1, 0.15) is 69.0 Å². The lowest BCUT2D eigenvalue weighted by Crippen LogP contribution is -2.31. The normalized spacial score (nSPS) is 22.1. The zero-order valence-electron chi connectivity index (χ0n) is 50.2. The van der Waals surface area contributed by atoms with E-state index < -0.39 is 11.9 Å². The molecule has 9 aromatic rings. The van der Waals surface area contributed by atoms with Gasteiger partial charge < -0.3 is 40.1 Å². The monoisotopic (exact) mass is 1200 g/mol. The van der Waals surface area contributed by atoms with Gasteiger partial charge in [0.05, 0.1) is 24.3 Å². The van der Waals surface area contributed by atoms with Gasteiger partial charge in [0.15, 0.2) is 0 Å². The number of piperidine rings is 3. The van der Waals surface area contributed by atoms with Crippen molar-refractivity contribution < 1.29 is 33.5 Å². The largest absolute Gasteiger partial charge is 0.462 e. The van der Waals surface area contributed by atoms with Crippen LogP contribution < -0.4 is 31.2 Å². The van der Waals surface area contributed by atoms with E-state index in [0.717, 1.165) is 81.2 Å². The lowest BCUT2D eigenvalue weighted by Gasteiger charge is -2.22. The molecule has 0 radical (unpaired) electrons. The number of hydrogen-bond donors (Lipinski definition) is 5. The quantitative estimate of drug-likeness (QED) is 0.0356. The van der Waals surface area contributed by atoms with Gasteiger partial charge in [0, 0.05) is 94.0 Å². The van der Waals surface area contributed by atoms with Crippen LogP contribution in [0.15, 0.2) is 200 Å². The molecule has 9 aromatic carbocycles. The molecule has 14 heteroatoms. The van der Waals surface area contributed by atoms with Gasteiger partial charge in [0.25, 0.3) is 5.91 Å². The lowest BCUT2D eigenvalue weighted by molar-refractivity contribution is 0.0516. The zero-order valence-corrected chi connectivity index (χ0v) is 50.2. The fourth-order valence-electron chi connectivity index (χ4n) is 13.6. The van der Waals surface area contributed by atoms with Crippen LogP contribution in [-0.2, 0) is 29.1 Å². The molecule has 3 saturated heterocycles. The molecule has 3 aliphatic heterocycles. The van der Waals surface area contributed by atoms with E-state index in [0.29, 0.717) is 53.8 Å². The Bertz CT molecular complexity index is 3850. The van der Waals surface area contributed by atoms with E-state index >= 15 is 0 Å². The highest BCUT2D eigenvalue weighted by Gasteiger charge is 2.57. The van der Waals surface area contributed by atoms with Crippen LogP contribution in [0.5, 0.6) is 0 Å². The average Bonchev–Trinajstić information content (AvgIpc) is 1.64. The van der Waals surface area contributed by atoms with Gasteiger partial charge in [-0.2, -0.15) is 0 Å². The molecule has 460 valence electrons. The molecule has 6 aliphatic rings. The van der Waals surface area contributed by atoms with Crippen molar-refractivity contribution in [1.29, 1.82) is 0 Å². The lowest BCUT2D eigenvalue weighted by atomic mass is 10.1. The highest BCUT2D eigenvalue weighted by atomic mass is 19.1. The van der Waals surface area contributed by atoms with Crippen LogP contribution in [-0.4, -0.2) is 106 Å². The maximum atomic E-state index is 12.4. The predicted molar refractivity (Wildman–Crippen MR) is 354 cm³/mol. The average molecular weight is 1200 g/mol. The fourth-order valence-corrected chi connectivity index (χ4v) is 13.6. The number of halogens is 1. The van der Waals surface area contributed by atoms with Gasteiger partial charge in [-0.1, -0.05) is 117 Å². The van der Waals surface area contributed by atoms with Crippen molar-refractivity contribution >= 4 is 61.5 Å². The van der Waals surface area contributed by atoms with Crippen molar-refractivity contribution in [2.75, 3.05) is 69.3 Å². The third-order valence-corrected chi connectivity index (χ3v) is 18.5. The van der Waals surface area contributed by atoms with E-state index in [1.807, 2.05) is 43.3 Å². The molecule has 13 nitrogen and oxygen atoms in total. The number of fused-ring (bicyclic) bond motifs is 6. The van der Waals surface area contributed by atoms with Gasteiger partial charge in [-0.05, 0) is 196 Å². The highest BCUT2D eigenvalue weighted by Crippen LogP contribution is 2.48. The van der Waals surface area contributed by atoms with Crippen molar-refractivity contribution in [3.63, 3.8) is 0 Å². The summed E-state index contributed by atoms with van der Waals surface area (Å²) in [6.07, 6.45) is 0. The second-order valence-electron chi connectivity index (χ2n) is 24.3. The molecule has 3 aliphatic carbocycles. The number of carbonyl (C=O) groups is 3. The van der Waals surface area contributed by atoms with E-state index in [1.54, 1.807) is 24.5 Å². The van der Waals surface area contributed by atoms with E-state index in [1.165, 1.54) is 92.1 Å². The summed E-state index contributed by atoms with van der Waals surface area (Å²) in [6.45, 7) is 13.9. The molecule has 6 atom stereocenters. The first-order valence-corrected chi connectivity index (χ1v) is 31.1. The number of likely N-dealkylation sites (tertiary alicyclic amines) is 1. The summed E-state index contributed by atoms with van der Waals surface area (Å²) in [5.41, 5.74) is 9.53. The Hall–Kier alpha value is -8.50. The minimum atomic E-state index is -0.478. The highest BCUT2D eigenvalue weighted by molar-refractivity contribution is 5.94. The van der Waals surface area contributed by atoms with Crippen molar-refractivity contribution in [3.8, 4) is 0 Å². The molecule has 15 rings (SSSR count). The Balaban J connectivity index is 0.000000127. The van der Waals surface area contributed by atoms with Crippen LogP contribution >= 0.6 is 0 Å². The summed E-state index contributed by atoms with van der Waals surface area (Å²) in [5, 5.41) is 27.8. The Morgan fingerprint density at radius 1 is 0.438 bits per heavy atom. The standard InChI is InChI=1S/C25H26N2O2.C23H23N3O2.C17H20N2.C9H9FO2.CH4/c1-2-29-25(28)19-9-11-21(12-10-19)27-15-22-23(16-27)24(22)26-14-17-7-8-18-5-3-4-6-20(18)13-17;27-23(25-28)17-7-9-19(10-8-17)26-13-20-21(14-26)22(20)24-12-15-5-6-16-3-1-2-4-18(16)11-15;1-19-10-15-16(11-19)17(15)18-9-12-6-7-13-4-2-3-5-14(13)8-12;1-2-12-9(11)7-3-5-8(10)6-4-7;/h3-13,22-24,26H,2,14-16H2,1H3;1-11,20-22,24,28H,12-14H2,(H,25,27);2-8,15-18H,9-11H2,1H3;3-6H,2H2,1H3;1H4. The number of carbonyl (C=O) groups excluding carboxylic acids is 3. The molecule has 6 unspecified atom stereocenters. The Labute approximate surface area is 522 Å². The van der Waals surface area contributed by atoms with Crippen molar-refractivity contribution in [2.24, 2.45) is 35.5 Å². The molecule has 1 amide bonds. The molecule has 89 heavy (non-hydrogen) atoms. The zero-order chi connectivity index (χ0) is 60.7. The molecule has 0 bridgehead atoms. The number of amides is 1. The third kappa shape index (κ3) is 15.0. The van der Waals surface area contributed by atoms with Crippen molar-refractivity contribution in [3.05, 3.63) is 239 Å². The van der Waals surface area contributed by atoms with Crippen LogP contribution in [0.4, 0.5) is 15.8 Å². The van der Waals surface area contributed by atoms with Crippen LogP contribution in [0.25, 0.3) is 32.3 Å². The maximum Gasteiger partial charge on any atom is 0.338 e. The van der Waals surface area contributed by atoms with E-state index in [2.05, 4.69) is 165 Å². The Morgan fingerprint density at radius 3 is 1.09 bits per heavy atom. The minimum Gasteiger partial charge on any atom is -0.462 e. The summed E-state index contributed by atoms with van der Waals surface area (Å²) in [4.78, 5) is 41.5. The second kappa shape index (κ2) is 28.3. The molecule has 6 fully saturated rings. The number of hydroxylamine groups is 1. The number of ether oxygens (including phenoxy) is 2. The van der Waals surface area contributed by atoms with Crippen LogP contribution in [0.3, 0.4) is 0 Å². The number of hydrogen-bond acceptors (Lipinski definition) is 12. The molecular weight excluding hydrogens is 1110 g/mol. The summed E-state index contributed by atoms with van der Waals surface area (Å²) < 4.78 is 22.1. The second-order valence-corrected chi connectivity index (χ2v) is 24.3. The van der Waals surface area contributed by atoms with E-state index in [4.69, 9.17) is 14.7 Å². The maximum absolute atomic E-state index is 12.4. The first-order valence-electron chi connectivity index (χ1n) is 31.1. The molecular formula is C75H82FN7O6.